The molecule has 0 aromatic carbocycles. The standard InChI is InChI=1S/C13H15N3OS2/c1-2-3-4-13-16(12-6-14-8-17-12)7-11(19-13)10-5-15-9-18-10/h5-9,13H,2-4H2,1H3. The Kier molecular flexibility index (Phi) is 3.89. The molecule has 0 spiro atoms. The molecule has 1 atom stereocenters. The van der Waals surface area contributed by atoms with Crippen molar-refractivity contribution in [1.29, 1.82) is 0 Å². The molecule has 19 heavy (non-hydrogen) atoms. The van der Waals surface area contributed by atoms with Crippen molar-refractivity contribution in [1.82, 2.24) is 9.97 Å². The van der Waals surface area contributed by atoms with Gasteiger partial charge in [-0.05, 0) is 6.42 Å². The zero-order valence-corrected chi connectivity index (χ0v) is 12.3. The number of hydrogen-bond acceptors (Lipinski definition) is 6. The first-order valence-corrected chi connectivity index (χ1v) is 8.08. The summed E-state index contributed by atoms with van der Waals surface area (Å²) in [5.41, 5.74) is 1.87. The van der Waals surface area contributed by atoms with Gasteiger partial charge in [0.1, 0.15) is 0 Å². The molecule has 0 amide bonds. The van der Waals surface area contributed by atoms with E-state index in [1.54, 1.807) is 17.5 Å². The van der Waals surface area contributed by atoms with Gasteiger partial charge in [-0.1, -0.05) is 31.5 Å². The van der Waals surface area contributed by atoms with Crippen molar-refractivity contribution in [2.45, 2.75) is 31.6 Å². The Morgan fingerprint density at radius 2 is 2.32 bits per heavy atom. The summed E-state index contributed by atoms with van der Waals surface area (Å²) < 4.78 is 5.44. The number of hydrogen-bond donors (Lipinski definition) is 0. The Bertz CT molecular complexity index is 536. The normalized spacial score (nSPS) is 18.9. The molecule has 3 heterocycles. The zero-order chi connectivity index (χ0) is 13.1. The molecule has 1 unspecified atom stereocenters. The third kappa shape index (κ3) is 2.69. The summed E-state index contributed by atoms with van der Waals surface area (Å²) in [6, 6.07) is 0. The molecule has 3 rings (SSSR count). The fraction of sp³-hybridized carbons (Fsp3) is 0.385. The predicted octanol–water partition coefficient (Wildman–Crippen LogP) is 4.20. The number of anilines is 1. The third-order valence-electron chi connectivity index (χ3n) is 2.98. The first-order valence-electron chi connectivity index (χ1n) is 6.32. The van der Waals surface area contributed by atoms with Gasteiger partial charge in [-0.15, -0.1) is 11.3 Å². The lowest BCUT2D eigenvalue weighted by Gasteiger charge is -2.21. The highest BCUT2D eigenvalue weighted by Crippen LogP contribution is 2.44. The van der Waals surface area contributed by atoms with Crippen LogP contribution in [0.3, 0.4) is 0 Å². The Hall–Kier alpha value is -1.27. The average molecular weight is 293 g/mol. The van der Waals surface area contributed by atoms with Crippen molar-refractivity contribution in [3.63, 3.8) is 0 Å². The molecule has 1 aliphatic heterocycles. The lowest BCUT2D eigenvalue weighted by molar-refractivity contribution is 0.542. The van der Waals surface area contributed by atoms with Crippen molar-refractivity contribution in [2.75, 3.05) is 4.90 Å². The molecule has 0 saturated carbocycles. The second-order valence-electron chi connectivity index (χ2n) is 4.32. The Labute approximate surface area is 120 Å². The number of aromatic nitrogens is 2. The van der Waals surface area contributed by atoms with Crippen LogP contribution in [-0.2, 0) is 0 Å². The topological polar surface area (TPSA) is 42.2 Å². The van der Waals surface area contributed by atoms with Gasteiger partial charge in [0.2, 0.25) is 5.88 Å². The molecule has 6 heteroatoms. The fourth-order valence-electron chi connectivity index (χ4n) is 2.02. The first-order chi connectivity index (χ1) is 9.38. The van der Waals surface area contributed by atoms with Gasteiger partial charge in [-0.25, -0.2) is 4.98 Å². The van der Waals surface area contributed by atoms with Crippen LogP contribution >= 0.6 is 23.1 Å². The maximum absolute atomic E-state index is 5.44. The molecule has 0 bridgehead atoms. The molecular formula is C13H15N3OS2. The molecule has 4 nitrogen and oxygen atoms in total. The minimum absolute atomic E-state index is 0.394. The molecule has 0 aliphatic carbocycles. The largest absolute Gasteiger partial charge is 0.428 e. The van der Waals surface area contributed by atoms with Crippen LogP contribution < -0.4 is 4.90 Å². The summed E-state index contributed by atoms with van der Waals surface area (Å²) in [5.74, 6) is 0.813. The summed E-state index contributed by atoms with van der Waals surface area (Å²) in [6.07, 6.45) is 10.9. The highest BCUT2D eigenvalue weighted by atomic mass is 32.2. The number of unbranched alkanes of at least 4 members (excludes halogenated alkanes) is 1. The highest BCUT2D eigenvalue weighted by molar-refractivity contribution is 8.09. The van der Waals surface area contributed by atoms with E-state index in [2.05, 4.69) is 28.0 Å². The molecule has 0 saturated heterocycles. The third-order valence-corrected chi connectivity index (χ3v) is 5.23. The van der Waals surface area contributed by atoms with E-state index < -0.39 is 0 Å². The van der Waals surface area contributed by atoms with Crippen LogP contribution in [0.2, 0.25) is 0 Å². The number of oxazole rings is 1. The van der Waals surface area contributed by atoms with Gasteiger partial charge in [0.15, 0.2) is 6.39 Å². The Morgan fingerprint density at radius 1 is 1.37 bits per heavy atom. The van der Waals surface area contributed by atoms with Gasteiger partial charge in [0.25, 0.3) is 0 Å². The highest BCUT2D eigenvalue weighted by Gasteiger charge is 2.29. The van der Waals surface area contributed by atoms with Crippen molar-refractivity contribution in [3.05, 3.63) is 35.4 Å². The average Bonchev–Trinajstić information content (AvgIpc) is 3.14. The van der Waals surface area contributed by atoms with Crippen molar-refractivity contribution < 1.29 is 4.42 Å². The van der Waals surface area contributed by atoms with E-state index in [1.807, 2.05) is 23.5 Å². The van der Waals surface area contributed by atoms with Crippen molar-refractivity contribution in [3.8, 4) is 0 Å². The molecule has 100 valence electrons. The van der Waals surface area contributed by atoms with E-state index in [0.29, 0.717) is 5.37 Å². The maximum Gasteiger partial charge on any atom is 0.220 e. The molecule has 2 aromatic heterocycles. The molecule has 0 radical (unpaired) electrons. The van der Waals surface area contributed by atoms with E-state index >= 15 is 0 Å². The van der Waals surface area contributed by atoms with E-state index in [9.17, 15) is 0 Å². The quantitative estimate of drug-likeness (QED) is 0.826. The molecule has 0 N–H and O–H groups in total. The predicted molar refractivity (Wildman–Crippen MR) is 80.0 cm³/mol. The Morgan fingerprint density at radius 3 is 3.00 bits per heavy atom. The second kappa shape index (κ2) is 5.79. The minimum Gasteiger partial charge on any atom is -0.428 e. The summed E-state index contributed by atoms with van der Waals surface area (Å²) in [7, 11) is 0. The van der Waals surface area contributed by atoms with Crippen LogP contribution in [0.1, 0.15) is 31.1 Å². The zero-order valence-electron chi connectivity index (χ0n) is 10.7. The van der Waals surface area contributed by atoms with E-state index in [0.717, 1.165) is 12.3 Å². The maximum atomic E-state index is 5.44. The van der Waals surface area contributed by atoms with Gasteiger partial charge in [-0.3, -0.25) is 4.98 Å². The SMILES string of the molecule is CCCCC1SC(c2cncs2)=CN1c1cnco1. The van der Waals surface area contributed by atoms with E-state index in [4.69, 9.17) is 4.42 Å². The second-order valence-corrected chi connectivity index (χ2v) is 6.43. The Balaban J connectivity index is 1.83. The summed E-state index contributed by atoms with van der Waals surface area (Å²) in [5, 5.41) is 0.394. The number of nitrogens with zero attached hydrogens (tertiary/aromatic N) is 3. The number of rotatable bonds is 5. The van der Waals surface area contributed by atoms with Gasteiger partial charge >= 0.3 is 0 Å². The summed E-state index contributed by atoms with van der Waals surface area (Å²) in [6.45, 7) is 2.22. The van der Waals surface area contributed by atoms with Crippen LogP contribution in [0.25, 0.3) is 4.91 Å². The fourth-order valence-corrected chi connectivity index (χ4v) is 4.04. The number of thioether (sulfide) groups is 1. The van der Waals surface area contributed by atoms with Gasteiger partial charge in [0.05, 0.1) is 22.0 Å². The number of thiazole rings is 1. The van der Waals surface area contributed by atoms with Crippen LogP contribution in [0.15, 0.2) is 34.9 Å². The van der Waals surface area contributed by atoms with Crippen LogP contribution in [-0.4, -0.2) is 15.3 Å². The van der Waals surface area contributed by atoms with E-state index in [1.165, 1.54) is 29.0 Å². The van der Waals surface area contributed by atoms with Gasteiger partial charge in [-0.2, -0.15) is 0 Å². The van der Waals surface area contributed by atoms with Crippen LogP contribution in [0.4, 0.5) is 5.88 Å². The van der Waals surface area contributed by atoms with Crippen molar-refractivity contribution >= 4 is 33.9 Å². The molecule has 0 fully saturated rings. The molecule has 2 aromatic rings. The lowest BCUT2D eigenvalue weighted by Crippen LogP contribution is -2.23. The van der Waals surface area contributed by atoms with Gasteiger partial charge in [0, 0.05) is 17.3 Å². The van der Waals surface area contributed by atoms with Gasteiger partial charge < -0.3 is 9.32 Å². The first kappa shape index (κ1) is 12.7. The molecular weight excluding hydrogens is 278 g/mol. The van der Waals surface area contributed by atoms with Crippen molar-refractivity contribution in [2.24, 2.45) is 0 Å². The monoisotopic (exact) mass is 293 g/mol. The molecule has 1 aliphatic rings. The lowest BCUT2D eigenvalue weighted by atomic mass is 10.2. The minimum atomic E-state index is 0.394. The van der Waals surface area contributed by atoms with Crippen LogP contribution in [0, 0.1) is 0 Å². The van der Waals surface area contributed by atoms with E-state index in [-0.39, 0.29) is 0 Å². The summed E-state index contributed by atoms with van der Waals surface area (Å²) in [4.78, 5) is 12.8. The smallest absolute Gasteiger partial charge is 0.220 e. The van der Waals surface area contributed by atoms with Crippen LogP contribution in [0.5, 0.6) is 0 Å². The summed E-state index contributed by atoms with van der Waals surface area (Å²) >= 11 is 3.56.